The minimum absolute atomic E-state index is 0.110. The molecule has 1 amide bonds. The summed E-state index contributed by atoms with van der Waals surface area (Å²) in [6.07, 6.45) is 5.16. The van der Waals surface area contributed by atoms with Gasteiger partial charge in [-0.05, 0) is 50.6 Å². The van der Waals surface area contributed by atoms with Gasteiger partial charge in [0.15, 0.2) is 5.65 Å². The molecule has 0 unspecified atom stereocenters. The van der Waals surface area contributed by atoms with Crippen LogP contribution >= 0.6 is 11.3 Å². The van der Waals surface area contributed by atoms with Gasteiger partial charge >= 0.3 is 0 Å². The fourth-order valence-corrected chi connectivity index (χ4v) is 4.26. The minimum atomic E-state index is 0.110. The number of rotatable bonds is 3. The number of hydrogen-bond donors (Lipinski definition) is 0. The molecule has 0 aromatic carbocycles. The summed E-state index contributed by atoms with van der Waals surface area (Å²) in [5, 5.41) is 7.42. The van der Waals surface area contributed by atoms with E-state index < -0.39 is 0 Å². The van der Waals surface area contributed by atoms with Crippen LogP contribution in [0.15, 0.2) is 29.8 Å². The van der Waals surface area contributed by atoms with E-state index >= 15 is 0 Å². The molecule has 5 nitrogen and oxygen atoms in total. The van der Waals surface area contributed by atoms with E-state index in [1.165, 1.54) is 11.3 Å². The van der Waals surface area contributed by atoms with Gasteiger partial charge in [-0.2, -0.15) is 5.10 Å². The first-order valence-electron chi connectivity index (χ1n) is 8.80. The highest BCUT2D eigenvalue weighted by Crippen LogP contribution is 2.25. The number of hydrogen-bond acceptors (Lipinski definition) is 4. The van der Waals surface area contributed by atoms with Gasteiger partial charge in [-0.3, -0.25) is 4.79 Å². The van der Waals surface area contributed by atoms with Crippen molar-refractivity contribution >= 4 is 28.3 Å². The second-order valence-electron chi connectivity index (χ2n) is 6.77. The Labute approximate surface area is 151 Å². The molecule has 1 aliphatic heterocycles. The van der Waals surface area contributed by atoms with Gasteiger partial charge in [0.05, 0.1) is 23.7 Å². The van der Waals surface area contributed by atoms with Crippen molar-refractivity contribution in [1.82, 2.24) is 19.7 Å². The van der Waals surface area contributed by atoms with Crippen molar-refractivity contribution in [3.05, 3.63) is 45.9 Å². The number of carbonyl (C=O) groups excluding carboxylic acids is 1. The number of thiophene rings is 1. The molecule has 0 N–H and O–H groups in total. The van der Waals surface area contributed by atoms with Gasteiger partial charge in [-0.1, -0.05) is 6.07 Å². The Hall–Kier alpha value is -2.21. The van der Waals surface area contributed by atoms with Crippen LogP contribution in [0.3, 0.4) is 0 Å². The monoisotopic (exact) mass is 354 g/mol. The maximum Gasteiger partial charge on any atom is 0.254 e. The Morgan fingerprint density at radius 3 is 3.04 bits per heavy atom. The molecule has 6 heteroatoms. The third-order valence-corrected chi connectivity index (χ3v) is 5.78. The summed E-state index contributed by atoms with van der Waals surface area (Å²) in [5.74, 6) is 0.110. The Bertz CT molecular complexity index is 900. The van der Waals surface area contributed by atoms with E-state index in [4.69, 9.17) is 0 Å². The van der Waals surface area contributed by atoms with Crippen molar-refractivity contribution in [2.45, 2.75) is 45.7 Å². The highest BCUT2D eigenvalue weighted by molar-refractivity contribution is 7.09. The predicted molar refractivity (Wildman–Crippen MR) is 100 cm³/mol. The van der Waals surface area contributed by atoms with Crippen LogP contribution in [0.1, 0.15) is 47.1 Å². The van der Waals surface area contributed by atoms with Crippen LogP contribution in [0.5, 0.6) is 0 Å². The number of pyridine rings is 1. The number of fused-ring (bicyclic) bond motifs is 1. The lowest BCUT2D eigenvalue weighted by Crippen LogP contribution is -2.42. The molecule has 0 spiro atoms. The molecule has 130 valence electrons. The van der Waals surface area contributed by atoms with Crippen LogP contribution in [0.2, 0.25) is 0 Å². The summed E-state index contributed by atoms with van der Waals surface area (Å²) in [4.78, 5) is 21.1. The fraction of sp³-hybridized carbons (Fsp3) is 0.421. The molecule has 1 saturated heterocycles. The lowest BCUT2D eigenvalue weighted by Gasteiger charge is -2.33. The summed E-state index contributed by atoms with van der Waals surface area (Å²) in [6.45, 7) is 5.61. The van der Waals surface area contributed by atoms with Crippen molar-refractivity contribution < 1.29 is 4.79 Å². The van der Waals surface area contributed by atoms with Gasteiger partial charge in [-0.15, -0.1) is 11.3 Å². The molecule has 3 aromatic heterocycles. The van der Waals surface area contributed by atoms with Crippen LogP contribution in [0, 0.1) is 6.92 Å². The first-order chi connectivity index (χ1) is 12.1. The van der Waals surface area contributed by atoms with Crippen LogP contribution in [-0.2, 0) is 6.54 Å². The first-order valence-corrected chi connectivity index (χ1v) is 9.68. The van der Waals surface area contributed by atoms with Crippen LogP contribution in [0.25, 0.3) is 11.0 Å². The molecule has 3 aromatic rings. The molecule has 25 heavy (non-hydrogen) atoms. The Morgan fingerprint density at radius 2 is 2.28 bits per heavy atom. The fourth-order valence-electron chi connectivity index (χ4n) is 3.57. The quantitative estimate of drug-likeness (QED) is 0.717. The number of aromatic nitrogens is 3. The first kappa shape index (κ1) is 16.3. The summed E-state index contributed by atoms with van der Waals surface area (Å²) < 4.78 is 1.89. The highest BCUT2D eigenvalue weighted by atomic mass is 32.1. The molecule has 1 fully saturated rings. The normalized spacial score (nSPS) is 18.0. The molecule has 0 aliphatic carbocycles. The van der Waals surface area contributed by atoms with Crippen molar-refractivity contribution in [2.75, 3.05) is 6.54 Å². The molecular formula is C19H22N4OS. The average molecular weight is 354 g/mol. The molecule has 0 bridgehead atoms. The van der Waals surface area contributed by atoms with E-state index in [0.717, 1.165) is 41.7 Å². The van der Waals surface area contributed by atoms with Gasteiger partial charge in [0, 0.05) is 23.2 Å². The van der Waals surface area contributed by atoms with Crippen LogP contribution in [-0.4, -0.2) is 38.2 Å². The van der Waals surface area contributed by atoms with Crippen molar-refractivity contribution in [2.24, 2.45) is 0 Å². The zero-order valence-electron chi connectivity index (χ0n) is 14.6. The molecule has 1 aliphatic rings. The summed E-state index contributed by atoms with van der Waals surface area (Å²) in [5.41, 5.74) is 2.38. The number of likely N-dealkylation sites (tertiary alicyclic amines) is 1. The van der Waals surface area contributed by atoms with Crippen molar-refractivity contribution in [3.63, 3.8) is 0 Å². The molecule has 4 heterocycles. The zero-order valence-corrected chi connectivity index (χ0v) is 15.4. The summed E-state index contributed by atoms with van der Waals surface area (Å²) in [6, 6.07) is 6.33. The number of piperidine rings is 1. The summed E-state index contributed by atoms with van der Waals surface area (Å²) >= 11 is 1.70. The van der Waals surface area contributed by atoms with Gasteiger partial charge in [0.2, 0.25) is 0 Å². The lowest BCUT2D eigenvalue weighted by atomic mass is 10.0. The van der Waals surface area contributed by atoms with E-state index in [9.17, 15) is 4.79 Å². The average Bonchev–Trinajstić information content (AvgIpc) is 3.25. The minimum Gasteiger partial charge on any atom is -0.336 e. The predicted octanol–water partition coefficient (Wildman–Crippen LogP) is 3.86. The molecular weight excluding hydrogens is 332 g/mol. The molecule has 0 radical (unpaired) electrons. The second kappa shape index (κ2) is 6.59. The van der Waals surface area contributed by atoms with Crippen molar-refractivity contribution in [3.8, 4) is 0 Å². The van der Waals surface area contributed by atoms with Crippen molar-refractivity contribution in [1.29, 1.82) is 0 Å². The van der Waals surface area contributed by atoms with Crippen LogP contribution < -0.4 is 0 Å². The van der Waals surface area contributed by atoms with Gasteiger partial charge in [0.1, 0.15) is 0 Å². The van der Waals surface area contributed by atoms with E-state index in [1.807, 2.05) is 28.6 Å². The van der Waals surface area contributed by atoms with Gasteiger partial charge in [0.25, 0.3) is 5.91 Å². The van der Waals surface area contributed by atoms with E-state index in [2.05, 4.69) is 28.5 Å². The maximum atomic E-state index is 13.2. The van der Waals surface area contributed by atoms with Gasteiger partial charge in [-0.25, -0.2) is 9.67 Å². The Balaban J connectivity index is 1.74. The smallest absolute Gasteiger partial charge is 0.254 e. The molecule has 4 rings (SSSR count). The molecule has 1 atom stereocenters. The summed E-state index contributed by atoms with van der Waals surface area (Å²) in [7, 11) is 0. The SMILES string of the molecule is Cc1cc(C(=O)N2CCCC[C@@H]2C)c2cnn(Cc3cccs3)c2n1. The maximum absolute atomic E-state index is 13.2. The standard InChI is InChI=1S/C19H22N4OS/c1-13-10-16(19(24)22-8-4-3-6-14(22)2)17-11-20-23(18(17)21-13)12-15-7-5-9-25-15/h5,7,9-11,14H,3-4,6,8,12H2,1-2H3/t14-/m0/s1. The topological polar surface area (TPSA) is 51.0 Å². The number of amides is 1. The zero-order chi connectivity index (χ0) is 17.4. The number of carbonyl (C=O) groups is 1. The molecule has 0 saturated carbocycles. The van der Waals surface area contributed by atoms with E-state index in [1.54, 1.807) is 17.5 Å². The van der Waals surface area contributed by atoms with E-state index in [-0.39, 0.29) is 5.91 Å². The number of aryl methyl sites for hydroxylation is 1. The van der Waals surface area contributed by atoms with E-state index in [0.29, 0.717) is 12.6 Å². The van der Waals surface area contributed by atoms with Gasteiger partial charge < -0.3 is 4.90 Å². The highest BCUT2D eigenvalue weighted by Gasteiger charge is 2.26. The Morgan fingerprint density at radius 1 is 1.40 bits per heavy atom. The third kappa shape index (κ3) is 3.06. The largest absolute Gasteiger partial charge is 0.336 e. The number of nitrogens with zero attached hydrogens (tertiary/aromatic N) is 4. The second-order valence-corrected chi connectivity index (χ2v) is 7.81. The van der Waals surface area contributed by atoms with Crippen LogP contribution in [0.4, 0.5) is 0 Å². The third-order valence-electron chi connectivity index (χ3n) is 4.92. The lowest BCUT2D eigenvalue weighted by molar-refractivity contribution is 0.0637. The Kier molecular flexibility index (Phi) is 4.29.